The molecule has 1 aliphatic rings. The molecule has 3 rings (SSSR count). The van der Waals surface area contributed by atoms with E-state index < -0.39 is 5.41 Å². The minimum Gasteiger partial charge on any atom is -0.381 e. The van der Waals surface area contributed by atoms with Crippen LogP contribution < -0.4 is 5.32 Å². The third kappa shape index (κ3) is 3.97. The number of carbonyl (C=O) groups excluding carboxylic acids is 1. The molecule has 1 N–H and O–H groups in total. The molecular formula is C21H24N2O2. The SMILES string of the molecule is C=CCNC(=O)C1(Cc2ccccc2-c2ccncc2)CCOCC1. The van der Waals surface area contributed by atoms with Crippen molar-refractivity contribution in [1.29, 1.82) is 0 Å². The number of hydrogen-bond acceptors (Lipinski definition) is 3. The Morgan fingerprint density at radius 2 is 1.92 bits per heavy atom. The van der Waals surface area contributed by atoms with Crippen molar-refractivity contribution in [3.8, 4) is 11.1 Å². The molecule has 2 aromatic rings. The van der Waals surface area contributed by atoms with E-state index in [2.05, 4.69) is 29.0 Å². The van der Waals surface area contributed by atoms with Crippen molar-refractivity contribution in [2.45, 2.75) is 19.3 Å². The second-order valence-corrected chi connectivity index (χ2v) is 6.46. The third-order valence-corrected chi connectivity index (χ3v) is 4.88. The van der Waals surface area contributed by atoms with Gasteiger partial charge in [0.15, 0.2) is 0 Å². The number of rotatable bonds is 6. The summed E-state index contributed by atoms with van der Waals surface area (Å²) in [5.41, 5.74) is 3.04. The van der Waals surface area contributed by atoms with Crippen LogP contribution in [-0.4, -0.2) is 30.6 Å². The highest BCUT2D eigenvalue weighted by molar-refractivity contribution is 5.83. The Labute approximate surface area is 148 Å². The maximum absolute atomic E-state index is 12.9. The summed E-state index contributed by atoms with van der Waals surface area (Å²) in [6.07, 6.45) is 7.50. The first-order valence-electron chi connectivity index (χ1n) is 8.70. The second-order valence-electron chi connectivity index (χ2n) is 6.46. The summed E-state index contributed by atoms with van der Waals surface area (Å²) >= 11 is 0. The van der Waals surface area contributed by atoms with Gasteiger partial charge in [0, 0.05) is 32.2 Å². The van der Waals surface area contributed by atoms with Crippen LogP contribution in [0.5, 0.6) is 0 Å². The predicted molar refractivity (Wildman–Crippen MR) is 99.1 cm³/mol. The number of carbonyl (C=O) groups is 1. The van der Waals surface area contributed by atoms with E-state index in [1.54, 1.807) is 18.5 Å². The zero-order valence-corrected chi connectivity index (χ0v) is 14.4. The minimum atomic E-state index is -0.426. The maximum Gasteiger partial charge on any atom is 0.226 e. The van der Waals surface area contributed by atoms with Gasteiger partial charge in [-0.3, -0.25) is 9.78 Å². The number of aromatic nitrogens is 1. The first-order valence-corrected chi connectivity index (χ1v) is 8.70. The second kappa shape index (κ2) is 8.08. The number of pyridine rings is 1. The van der Waals surface area contributed by atoms with Gasteiger partial charge in [0.2, 0.25) is 5.91 Å². The average Bonchev–Trinajstić information content (AvgIpc) is 2.68. The van der Waals surface area contributed by atoms with E-state index in [-0.39, 0.29) is 5.91 Å². The molecule has 1 fully saturated rings. The molecule has 0 aliphatic carbocycles. The largest absolute Gasteiger partial charge is 0.381 e. The van der Waals surface area contributed by atoms with Crippen LogP contribution in [0.15, 0.2) is 61.4 Å². The molecule has 0 atom stereocenters. The zero-order valence-electron chi connectivity index (χ0n) is 14.4. The van der Waals surface area contributed by atoms with Gasteiger partial charge >= 0.3 is 0 Å². The van der Waals surface area contributed by atoms with Crippen LogP contribution in [0.3, 0.4) is 0 Å². The summed E-state index contributed by atoms with van der Waals surface area (Å²) in [4.78, 5) is 17.0. The van der Waals surface area contributed by atoms with E-state index in [4.69, 9.17) is 4.74 Å². The topological polar surface area (TPSA) is 51.2 Å². The summed E-state index contributed by atoms with van der Waals surface area (Å²) in [7, 11) is 0. The molecule has 0 bridgehead atoms. The molecule has 0 unspecified atom stereocenters. The van der Waals surface area contributed by atoms with Crippen LogP contribution in [0.2, 0.25) is 0 Å². The van der Waals surface area contributed by atoms with Crippen LogP contribution in [0.1, 0.15) is 18.4 Å². The molecule has 1 saturated heterocycles. The Bertz CT molecular complexity index is 722. The molecule has 0 saturated carbocycles. The molecular weight excluding hydrogens is 312 g/mol. The standard InChI is InChI=1S/C21H24N2O2/c1-2-11-23-20(24)21(9-14-25-15-10-21)16-18-5-3-4-6-19(18)17-7-12-22-13-8-17/h2-8,12-13H,1,9-11,14-16H2,(H,23,24). The van der Waals surface area contributed by atoms with Crippen molar-refractivity contribution >= 4 is 5.91 Å². The Kier molecular flexibility index (Phi) is 5.61. The molecule has 0 radical (unpaired) electrons. The summed E-state index contributed by atoms with van der Waals surface area (Å²) in [6.45, 7) is 5.43. The van der Waals surface area contributed by atoms with E-state index >= 15 is 0 Å². The van der Waals surface area contributed by atoms with Crippen LogP contribution in [-0.2, 0) is 16.0 Å². The van der Waals surface area contributed by atoms with E-state index in [1.807, 2.05) is 24.3 Å². The Balaban J connectivity index is 1.93. The highest BCUT2D eigenvalue weighted by Gasteiger charge is 2.40. The van der Waals surface area contributed by atoms with Crippen LogP contribution in [0.4, 0.5) is 0 Å². The molecule has 4 nitrogen and oxygen atoms in total. The highest BCUT2D eigenvalue weighted by atomic mass is 16.5. The van der Waals surface area contributed by atoms with Crippen molar-refractivity contribution in [1.82, 2.24) is 10.3 Å². The molecule has 4 heteroatoms. The van der Waals surface area contributed by atoms with E-state index in [9.17, 15) is 4.79 Å². The summed E-state index contributed by atoms with van der Waals surface area (Å²) in [5.74, 6) is 0.0974. The van der Waals surface area contributed by atoms with Crippen LogP contribution >= 0.6 is 0 Å². The van der Waals surface area contributed by atoms with Crippen molar-refractivity contribution < 1.29 is 9.53 Å². The van der Waals surface area contributed by atoms with Gasteiger partial charge in [-0.1, -0.05) is 30.3 Å². The highest BCUT2D eigenvalue weighted by Crippen LogP contribution is 2.37. The quantitative estimate of drug-likeness (QED) is 0.823. The fraction of sp³-hybridized carbons (Fsp3) is 0.333. The lowest BCUT2D eigenvalue weighted by atomic mass is 9.73. The number of amides is 1. The van der Waals surface area contributed by atoms with E-state index in [1.165, 1.54) is 5.56 Å². The van der Waals surface area contributed by atoms with E-state index in [0.29, 0.717) is 26.2 Å². The van der Waals surface area contributed by atoms with Gasteiger partial charge in [0.1, 0.15) is 0 Å². The number of nitrogens with zero attached hydrogens (tertiary/aromatic N) is 1. The van der Waals surface area contributed by atoms with Crippen molar-refractivity contribution in [2.75, 3.05) is 19.8 Å². The first-order chi connectivity index (χ1) is 12.2. The predicted octanol–water partition coefficient (Wildman–Crippen LogP) is 3.39. The average molecular weight is 336 g/mol. The Morgan fingerprint density at radius 3 is 2.64 bits per heavy atom. The Hall–Kier alpha value is -2.46. The summed E-state index contributed by atoms with van der Waals surface area (Å²) in [6, 6.07) is 12.3. The van der Waals surface area contributed by atoms with Gasteiger partial charge in [-0.2, -0.15) is 0 Å². The smallest absolute Gasteiger partial charge is 0.226 e. The fourth-order valence-electron chi connectivity index (χ4n) is 3.45. The normalized spacial score (nSPS) is 16.2. The van der Waals surface area contributed by atoms with Gasteiger partial charge in [0.05, 0.1) is 5.41 Å². The van der Waals surface area contributed by atoms with Gasteiger partial charge in [0.25, 0.3) is 0 Å². The van der Waals surface area contributed by atoms with Crippen molar-refractivity contribution in [2.24, 2.45) is 5.41 Å². The number of benzene rings is 1. The number of nitrogens with one attached hydrogen (secondary N) is 1. The van der Waals surface area contributed by atoms with Crippen LogP contribution in [0.25, 0.3) is 11.1 Å². The van der Waals surface area contributed by atoms with Gasteiger partial charge in [-0.25, -0.2) is 0 Å². The number of ether oxygens (including phenoxy) is 1. The molecule has 1 aromatic heterocycles. The lowest BCUT2D eigenvalue weighted by molar-refractivity contribution is -0.136. The van der Waals surface area contributed by atoms with Crippen LogP contribution in [0, 0.1) is 5.41 Å². The van der Waals surface area contributed by atoms with Gasteiger partial charge in [-0.05, 0) is 48.1 Å². The third-order valence-electron chi connectivity index (χ3n) is 4.88. The molecule has 25 heavy (non-hydrogen) atoms. The zero-order chi connectivity index (χ0) is 17.5. The fourth-order valence-corrected chi connectivity index (χ4v) is 3.45. The molecule has 1 amide bonds. The molecule has 2 heterocycles. The van der Waals surface area contributed by atoms with Gasteiger partial charge < -0.3 is 10.1 Å². The molecule has 1 aliphatic heterocycles. The maximum atomic E-state index is 12.9. The van der Waals surface area contributed by atoms with Gasteiger partial charge in [-0.15, -0.1) is 6.58 Å². The summed E-state index contributed by atoms with van der Waals surface area (Å²) in [5, 5.41) is 3.00. The lowest BCUT2D eigenvalue weighted by Crippen LogP contribution is -2.46. The molecule has 130 valence electrons. The minimum absolute atomic E-state index is 0.0974. The summed E-state index contributed by atoms with van der Waals surface area (Å²) < 4.78 is 5.52. The number of hydrogen-bond donors (Lipinski definition) is 1. The Morgan fingerprint density at radius 1 is 1.20 bits per heavy atom. The molecule has 1 aromatic carbocycles. The lowest BCUT2D eigenvalue weighted by Gasteiger charge is -2.36. The monoisotopic (exact) mass is 336 g/mol. The van der Waals surface area contributed by atoms with Crippen molar-refractivity contribution in [3.63, 3.8) is 0 Å². The molecule has 0 spiro atoms. The first kappa shape index (κ1) is 17.4. The van der Waals surface area contributed by atoms with Crippen molar-refractivity contribution in [3.05, 3.63) is 67.0 Å². The van der Waals surface area contributed by atoms with E-state index in [0.717, 1.165) is 24.0 Å².